The summed E-state index contributed by atoms with van der Waals surface area (Å²) in [7, 11) is 1.51. The van der Waals surface area contributed by atoms with E-state index < -0.39 is 0 Å². The number of hydrogen-bond donors (Lipinski definition) is 1. The van der Waals surface area contributed by atoms with Crippen LogP contribution >= 0.6 is 0 Å². The van der Waals surface area contributed by atoms with Gasteiger partial charge in [-0.1, -0.05) is 12.6 Å². The lowest BCUT2D eigenvalue weighted by molar-refractivity contribution is 0.409. The lowest BCUT2D eigenvalue weighted by Gasteiger charge is -2.10. The molecule has 0 aromatic heterocycles. The minimum absolute atomic E-state index is 0.317. The van der Waals surface area contributed by atoms with Gasteiger partial charge in [0.05, 0.1) is 12.7 Å². The fourth-order valence-corrected chi connectivity index (χ4v) is 1.32. The van der Waals surface area contributed by atoms with Gasteiger partial charge in [0, 0.05) is 0 Å². The van der Waals surface area contributed by atoms with Crippen LogP contribution in [0, 0.1) is 5.82 Å². The Morgan fingerprint density at radius 3 is 2.86 bits per heavy atom. The van der Waals surface area contributed by atoms with E-state index >= 15 is 0 Å². The summed E-state index contributed by atoms with van der Waals surface area (Å²) in [5, 5.41) is 0. The largest absolute Gasteiger partial charge is 0.496 e. The molecular weight excluding hydrogens is 181 g/mol. The molecule has 0 saturated carbocycles. The van der Waals surface area contributed by atoms with E-state index in [1.54, 1.807) is 12.1 Å². The van der Waals surface area contributed by atoms with Crippen LogP contribution in [-0.4, -0.2) is 13.7 Å². The highest BCUT2D eigenvalue weighted by atomic mass is 19.1. The predicted molar refractivity (Wildman–Crippen MR) is 55.7 cm³/mol. The number of halogens is 1. The molecule has 1 aromatic carbocycles. The minimum Gasteiger partial charge on any atom is -0.496 e. The standard InChI is InChI=1S/C11H14FNO/c1-8(6-7-13)11-9(12)4-3-5-10(11)14-2/h3-5H,1,6-7,13H2,2H3. The Kier molecular flexibility index (Phi) is 3.65. The Labute approximate surface area is 83.2 Å². The van der Waals surface area contributed by atoms with E-state index in [1.165, 1.54) is 13.2 Å². The van der Waals surface area contributed by atoms with Gasteiger partial charge in [0.1, 0.15) is 11.6 Å². The minimum atomic E-state index is -0.317. The molecule has 0 saturated heterocycles. The van der Waals surface area contributed by atoms with Crippen molar-refractivity contribution >= 4 is 5.57 Å². The highest BCUT2D eigenvalue weighted by Crippen LogP contribution is 2.28. The zero-order valence-corrected chi connectivity index (χ0v) is 8.22. The molecule has 0 spiro atoms. The second-order valence-corrected chi connectivity index (χ2v) is 2.96. The van der Waals surface area contributed by atoms with Crippen LogP contribution in [0.15, 0.2) is 24.8 Å². The third-order valence-corrected chi connectivity index (χ3v) is 1.99. The van der Waals surface area contributed by atoms with Crippen molar-refractivity contribution in [3.63, 3.8) is 0 Å². The molecule has 1 rings (SSSR count). The lowest BCUT2D eigenvalue weighted by Crippen LogP contribution is -2.02. The normalized spacial score (nSPS) is 9.93. The van der Waals surface area contributed by atoms with E-state index in [9.17, 15) is 4.39 Å². The Balaban J connectivity index is 3.10. The van der Waals surface area contributed by atoms with Crippen LogP contribution in [0.5, 0.6) is 5.75 Å². The maximum atomic E-state index is 13.4. The molecule has 1 aromatic rings. The fraction of sp³-hybridized carbons (Fsp3) is 0.273. The summed E-state index contributed by atoms with van der Waals surface area (Å²) in [6, 6.07) is 4.70. The third kappa shape index (κ3) is 2.12. The van der Waals surface area contributed by atoms with Crippen molar-refractivity contribution in [1.82, 2.24) is 0 Å². The molecule has 0 unspecified atom stereocenters. The van der Waals surface area contributed by atoms with Gasteiger partial charge in [0.25, 0.3) is 0 Å². The van der Waals surface area contributed by atoms with Gasteiger partial charge in [-0.2, -0.15) is 0 Å². The summed E-state index contributed by atoms with van der Waals surface area (Å²) >= 11 is 0. The van der Waals surface area contributed by atoms with Crippen LogP contribution < -0.4 is 10.5 Å². The Hall–Kier alpha value is -1.35. The first-order valence-corrected chi connectivity index (χ1v) is 4.41. The van der Waals surface area contributed by atoms with Crippen LogP contribution in [0.1, 0.15) is 12.0 Å². The molecule has 0 aliphatic heterocycles. The van der Waals surface area contributed by atoms with Crippen LogP contribution in [0.2, 0.25) is 0 Å². The molecule has 2 nitrogen and oxygen atoms in total. The topological polar surface area (TPSA) is 35.2 Å². The Morgan fingerprint density at radius 2 is 2.29 bits per heavy atom. The maximum Gasteiger partial charge on any atom is 0.134 e. The zero-order chi connectivity index (χ0) is 10.6. The second kappa shape index (κ2) is 4.77. The van der Waals surface area contributed by atoms with Crippen LogP contribution in [0.3, 0.4) is 0 Å². The van der Waals surface area contributed by atoms with Gasteiger partial charge in [-0.3, -0.25) is 0 Å². The van der Waals surface area contributed by atoms with Crippen molar-refractivity contribution in [2.24, 2.45) is 5.73 Å². The summed E-state index contributed by atoms with van der Waals surface area (Å²) in [5.41, 5.74) is 6.48. The van der Waals surface area contributed by atoms with Crippen molar-refractivity contribution in [2.75, 3.05) is 13.7 Å². The molecule has 76 valence electrons. The van der Waals surface area contributed by atoms with E-state index in [2.05, 4.69) is 6.58 Å². The summed E-state index contributed by atoms with van der Waals surface area (Å²) < 4.78 is 18.5. The third-order valence-electron chi connectivity index (χ3n) is 1.99. The van der Waals surface area contributed by atoms with Crippen molar-refractivity contribution in [3.05, 3.63) is 36.2 Å². The molecule has 0 aliphatic rings. The van der Waals surface area contributed by atoms with Crippen LogP contribution in [0.4, 0.5) is 4.39 Å². The quantitative estimate of drug-likeness (QED) is 0.799. The number of hydrogen-bond acceptors (Lipinski definition) is 2. The molecular formula is C11H14FNO. The van der Waals surface area contributed by atoms with Crippen molar-refractivity contribution in [3.8, 4) is 5.75 Å². The van der Waals surface area contributed by atoms with E-state index in [-0.39, 0.29) is 5.82 Å². The molecule has 0 atom stereocenters. The summed E-state index contributed by atoms with van der Waals surface area (Å²) in [4.78, 5) is 0. The van der Waals surface area contributed by atoms with Gasteiger partial charge >= 0.3 is 0 Å². The smallest absolute Gasteiger partial charge is 0.134 e. The van der Waals surface area contributed by atoms with Gasteiger partial charge in [-0.25, -0.2) is 4.39 Å². The molecule has 0 fully saturated rings. The first-order chi connectivity index (χ1) is 6.70. The van der Waals surface area contributed by atoms with E-state index in [1.807, 2.05) is 0 Å². The van der Waals surface area contributed by atoms with Crippen molar-refractivity contribution < 1.29 is 9.13 Å². The second-order valence-electron chi connectivity index (χ2n) is 2.96. The number of benzene rings is 1. The summed E-state index contributed by atoms with van der Waals surface area (Å²) in [5.74, 6) is 0.186. The van der Waals surface area contributed by atoms with Crippen molar-refractivity contribution in [2.45, 2.75) is 6.42 Å². The number of ether oxygens (including phenoxy) is 1. The van der Waals surface area contributed by atoms with Gasteiger partial charge in [-0.05, 0) is 30.7 Å². The molecule has 0 aliphatic carbocycles. The Bertz CT molecular complexity index is 336. The van der Waals surface area contributed by atoms with Crippen LogP contribution in [0.25, 0.3) is 5.57 Å². The lowest BCUT2D eigenvalue weighted by atomic mass is 10.0. The fourth-order valence-electron chi connectivity index (χ4n) is 1.32. The van der Waals surface area contributed by atoms with E-state index in [4.69, 9.17) is 10.5 Å². The van der Waals surface area contributed by atoms with Gasteiger partial charge in [0.15, 0.2) is 0 Å². The first kappa shape index (κ1) is 10.7. The monoisotopic (exact) mass is 195 g/mol. The molecule has 0 radical (unpaired) electrons. The van der Waals surface area contributed by atoms with Gasteiger partial charge < -0.3 is 10.5 Å². The maximum absolute atomic E-state index is 13.4. The molecule has 2 N–H and O–H groups in total. The molecule has 0 heterocycles. The first-order valence-electron chi connectivity index (χ1n) is 4.41. The molecule has 14 heavy (non-hydrogen) atoms. The number of rotatable bonds is 4. The average Bonchev–Trinajstić information content (AvgIpc) is 2.17. The molecule has 0 bridgehead atoms. The van der Waals surface area contributed by atoms with Crippen LogP contribution in [-0.2, 0) is 0 Å². The van der Waals surface area contributed by atoms with Crippen molar-refractivity contribution in [1.29, 1.82) is 0 Å². The predicted octanol–water partition coefficient (Wildman–Crippen LogP) is 2.20. The summed E-state index contributed by atoms with van der Waals surface area (Å²) in [6.45, 7) is 4.24. The average molecular weight is 195 g/mol. The highest BCUT2D eigenvalue weighted by Gasteiger charge is 2.11. The number of nitrogens with two attached hydrogens (primary N) is 1. The SMILES string of the molecule is C=C(CCN)c1c(F)cccc1OC. The molecule has 0 amide bonds. The number of methoxy groups -OCH3 is 1. The zero-order valence-electron chi connectivity index (χ0n) is 8.22. The summed E-state index contributed by atoms with van der Waals surface area (Å²) in [6.07, 6.45) is 0.567. The molecule has 3 heteroatoms. The Morgan fingerprint density at radius 1 is 1.57 bits per heavy atom. The highest BCUT2D eigenvalue weighted by molar-refractivity contribution is 5.69. The van der Waals surface area contributed by atoms with E-state index in [0.29, 0.717) is 29.9 Å². The van der Waals surface area contributed by atoms with E-state index in [0.717, 1.165) is 0 Å². The van der Waals surface area contributed by atoms with Gasteiger partial charge in [0.2, 0.25) is 0 Å². The van der Waals surface area contributed by atoms with Gasteiger partial charge in [-0.15, -0.1) is 0 Å².